The van der Waals surface area contributed by atoms with Gasteiger partial charge in [0.05, 0.1) is 0 Å². The molecule has 10 heteroatoms. The van der Waals surface area contributed by atoms with Crippen LogP contribution < -0.4 is 51.4 Å². The van der Waals surface area contributed by atoms with Crippen LogP contribution in [0.2, 0.25) is 0 Å². The van der Waals surface area contributed by atoms with Crippen LogP contribution in [0.25, 0.3) is 0 Å². The summed E-state index contributed by atoms with van der Waals surface area (Å²) in [4.78, 5) is -2.26. The number of halogens is 5. The molecule has 3 nitrogen and oxygen atoms in total. The molecule has 0 spiro atoms. The third kappa shape index (κ3) is 2.80. The van der Waals surface area contributed by atoms with Crippen molar-refractivity contribution in [3.05, 3.63) is 29.1 Å². The number of hydrogen-bond acceptors (Lipinski definition) is 2. The van der Waals surface area contributed by atoms with E-state index in [-0.39, 0.29) is 52.8 Å². The van der Waals surface area contributed by atoms with Gasteiger partial charge in [-0.25, -0.2) is 22.0 Å². The molecule has 0 fully saturated rings. The SMILES string of the molecule is O=S(=O)(O)c1c(F)c(F)c(F)c(F)c1F.[H-].[K+]. The summed E-state index contributed by atoms with van der Waals surface area (Å²) < 4.78 is 91.3. The van der Waals surface area contributed by atoms with E-state index < -0.39 is 44.1 Å². The molecule has 0 aliphatic rings. The third-order valence-electron chi connectivity index (χ3n) is 1.43. The Balaban J connectivity index is 0. The van der Waals surface area contributed by atoms with E-state index in [4.69, 9.17) is 4.55 Å². The minimum absolute atomic E-state index is 0. The van der Waals surface area contributed by atoms with Crippen molar-refractivity contribution in [2.24, 2.45) is 0 Å². The van der Waals surface area contributed by atoms with Crippen molar-refractivity contribution < 1.29 is 87.7 Å². The van der Waals surface area contributed by atoms with Crippen LogP contribution in [-0.4, -0.2) is 13.0 Å². The summed E-state index contributed by atoms with van der Waals surface area (Å²) in [5, 5.41) is 0. The molecule has 0 radical (unpaired) electrons. The van der Waals surface area contributed by atoms with Crippen molar-refractivity contribution in [3.8, 4) is 0 Å². The molecule has 86 valence electrons. The predicted molar refractivity (Wildman–Crippen MR) is 37.2 cm³/mol. The van der Waals surface area contributed by atoms with Crippen molar-refractivity contribution in [2.45, 2.75) is 4.90 Å². The molecule has 1 aromatic carbocycles. The van der Waals surface area contributed by atoms with E-state index >= 15 is 0 Å². The monoisotopic (exact) mass is 288 g/mol. The van der Waals surface area contributed by atoms with E-state index in [1.54, 1.807) is 0 Å². The van der Waals surface area contributed by atoms with Gasteiger partial charge in [0.1, 0.15) is 0 Å². The first kappa shape index (κ1) is 16.4. The first-order chi connectivity index (χ1) is 6.68. The maximum atomic E-state index is 12.6. The van der Waals surface area contributed by atoms with E-state index in [1.807, 2.05) is 0 Å². The first-order valence-electron chi connectivity index (χ1n) is 3.16. The van der Waals surface area contributed by atoms with E-state index in [0.717, 1.165) is 0 Å². The van der Waals surface area contributed by atoms with E-state index in [0.29, 0.717) is 0 Å². The minimum Gasteiger partial charge on any atom is -1.00 e. The fourth-order valence-corrected chi connectivity index (χ4v) is 1.44. The maximum absolute atomic E-state index is 12.6. The van der Waals surface area contributed by atoms with E-state index in [9.17, 15) is 30.4 Å². The maximum Gasteiger partial charge on any atom is 1.00 e. The van der Waals surface area contributed by atoms with Gasteiger partial charge in [-0.05, 0) is 0 Å². The largest absolute Gasteiger partial charge is 1.00 e. The van der Waals surface area contributed by atoms with Crippen LogP contribution in [0.1, 0.15) is 1.43 Å². The summed E-state index contributed by atoms with van der Waals surface area (Å²) in [6.45, 7) is 0. The molecule has 0 aliphatic carbocycles. The molecule has 0 atom stereocenters. The third-order valence-corrected chi connectivity index (χ3v) is 2.30. The quantitative estimate of drug-likeness (QED) is 0.231. The Bertz CT molecular complexity index is 506. The molecule has 16 heavy (non-hydrogen) atoms. The molecule has 0 heterocycles. The molecule has 0 saturated heterocycles. The average molecular weight is 288 g/mol. The smallest absolute Gasteiger partial charge is 1.00 e. The van der Waals surface area contributed by atoms with Crippen molar-refractivity contribution in [1.82, 2.24) is 0 Å². The van der Waals surface area contributed by atoms with Crippen LogP contribution in [0.4, 0.5) is 22.0 Å². The molecule has 0 saturated carbocycles. The van der Waals surface area contributed by atoms with Gasteiger partial charge in [0.2, 0.25) is 5.82 Å². The van der Waals surface area contributed by atoms with Crippen LogP contribution in [0.5, 0.6) is 0 Å². The van der Waals surface area contributed by atoms with Crippen LogP contribution in [0, 0.1) is 29.1 Å². The summed E-state index contributed by atoms with van der Waals surface area (Å²) in [5.41, 5.74) is 0. The second-order valence-electron chi connectivity index (χ2n) is 2.37. The summed E-state index contributed by atoms with van der Waals surface area (Å²) in [7, 11) is -5.52. The van der Waals surface area contributed by atoms with Gasteiger partial charge in [0.25, 0.3) is 0 Å². The van der Waals surface area contributed by atoms with Gasteiger partial charge in [-0.15, -0.1) is 0 Å². The molecule has 1 aromatic rings. The Hall–Kier alpha value is 0.416. The van der Waals surface area contributed by atoms with Gasteiger partial charge in [-0.1, -0.05) is 0 Å². The number of benzene rings is 1. The van der Waals surface area contributed by atoms with E-state index in [1.165, 1.54) is 0 Å². The topological polar surface area (TPSA) is 54.4 Å². The fourth-order valence-electron chi connectivity index (χ4n) is 0.811. The zero-order chi connectivity index (χ0) is 12.0. The minimum atomic E-state index is -5.52. The predicted octanol–water partition coefficient (Wildman–Crippen LogP) is -1.25. The Morgan fingerprint density at radius 2 is 1.06 bits per heavy atom. The van der Waals surface area contributed by atoms with Gasteiger partial charge in [-0.3, -0.25) is 4.55 Å². The molecule has 0 unspecified atom stereocenters. The second-order valence-corrected chi connectivity index (χ2v) is 3.73. The van der Waals surface area contributed by atoms with Gasteiger partial charge in [-0.2, -0.15) is 8.42 Å². The Morgan fingerprint density at radius 3 is 1.31 bits per heavy atom. The van der Waals surface area contributed by atoms with Crippen molar-refractivity contribution in [3.63, 3.8) is 0 Å². The Morgan fingerprint density at radius 1 is 0.812 bits per heavy atom. The molecule has 0 amide bonds. The van der Waals surface area contributed by atoms with Gasteiger partial charge >= 0.3 is 61.5 Å². The summed E-state index contributed by atoms with van der Waals surface area (Å²) in [6, 6.07) is 0. The molecule has 1 rings (SSSR count). The summed E-state index contributed by atoms with van der Waals surface area (Å²) >= 11 is 0. The summed E-state index contributed by atoms with van der Waals surface area (Å²) in [6.07, 6.45) is 0. The first-order valence-corrected chi connectivity index (χ1v) is 4.61. The molecule has 0 bridgehead atoms. The van der Waals surface area contributed by atoms with Crippen LogP contribution >= 0.6 is 0 Å². The second kappa shape index (κ2) is 5.37. The van der Waals surface area contributed by atoms with Gasteiger partial charge in [0, 0.05) is 0 Å². The fraction of sp³-hybridized carbons (Fsp3) is 0. The average Bonchev–Trinajstić information content (AvgIpc) is 2.09. The molecular formula is C6H2F5KO3S. The normalized spacial score (nSPS) is 11.1. The zero-order valence-corrected chi connectivity index (χ0v) is 11.5. The molecule has 0 aromatic heterocycles. The standard InChI is InChI=1S/C6HF5O3S.K.H/c7-1-2(8)4(10)6(15(12,13)14)5(11)3(1)9;;/h(H,12,13,14);;/q;+1;-1. The molecule has 0 aliphatic heterocycles. The Labute approximate surface area is 130 Å². The van der Waals surface area contributed by atoms with Crippen molar-refractivity contribution in [1.29, 1.82) is 0 Å². The van der Waals surface area contributed by atoms with Crippen LogP contribution in [-0.2, 0) is 10.1 Å². The van der Waals surface area contributed by atoms with Crippen LogP contribution in [0.3, 0.4) is 0 Å². The molecular weight excluding hydrogens is 286 g/mol. The van der Waals surface area contributed by atoms with E-state index in [2.05, 4.69) is 0 Å². The Kier molecular flexibility index (Phi) is 5.51. The van der Waals surface area contributed by atoms with Crippen molar-refractivity contribution >= 4 is 10.1 Å². The number of hydrogen-bond donors (Lipinski definition) is 1. The van der Waals surface area contributed by atoms with Crippen LogP contribution in [0.15, 0.2) is 4.90 Å². The summed E-state index contributed by atoms with van der Waals surface area (Å²) in [5.74, 6) is -12.6. The van der Waals surface area contributed by atoms with Gasteiger partial charge < -0.3 is 1.43 Å². The molecule has 1 N–H and O–H groups in total. The number of rotatable bonds is 1. The van der Waals surface area contributed by atoms with Crippen molar-refractivity contribution in [2.75, 3.05) is 0 Å². The van der Waals surface area contributed by atoms with Gasteiger partial charge in [0.15, 0.2) is 28.2 Å². The zero-order valence-electron chi connectivity index (χ0n) is 8.56.